The Morgan fingerprint density at radius 3 is 2.70 bits per heavy atom. The molecule has 4 heteroatoms. The maximum Gasteiger partial charge on any atom is 0.189 e. The molecule has 0 spiro atoms. The fraction of sp³-hybridized carbons (Fsp3) is 0.231. The Morgan fingerprint density at radius 2 is 1.87 bits per heavy atom. The first-order chi connectivity index (χ1) is 14.8. The van der Waals surface area contributed by atoms with E-state index in [1.165, 1.54) is 6.42 Å². The number of nitrogens with zero attached hydrogens (tertiary/aromatic N) is 2. The van der Waals surface area contributed by atoms with Gasteiger partial charge in [-0.2, -0.15) is 0 Å². The first kappa shape index (κ1) is 19.7. The van der Waals surface area contributed by atoms with Gasteiger partial charge in [0.2, 0.25) is 0 Å². The van der Waals surface area contributed by atoms with Gasteiger partial charge in [0.05, 0.1) is 11.1 Å². The van der Waals surface area contributed by atoms with Crippen LogP contribution in [0.25, 0.3) is 17.0 Å². The highest BCUT2D eigenvalue weighted by Crippen LogP contribution is 2.28. The molecule has 0 aliphatic carbocycles. The van der Waals surface area contributed by atoms with Crippen LogP contribution in [0.4, 0.5) is 5.82 Å². The average molecular weight is 396 g/mol. The number of allylic oxidation sites excluding steroid dienone is 1. The Hall–Kier alpha value is -3.58. The number of hydrogen-bond donors (Lipinski definition) is 0. The number of carbonyl (C=O) groups excluding carboxylic acids is 1. The molecule has 1 fully saturated rings. The van der Waals surface area contributed by atoms with Crippen molar-refractivity contribution in [2.24, 2.45) is 0 Å². The zero-order valence-corrected chi connectivity index (χ0v) is 16.9. The minimum Gasteiger partial charge on any atom is -0.480 e. The molecule has 0 radical (unpaired) electrons. The number of ether oxygens (including phenoxy) is 1. The molecule has 0 N–H and O–H groups in total. The SMILES string of the molecule is C#CCOc1ccccc1C(=O)/C=C/c1cc2ccccc2nc1N1CCCCC1. The van der Waals surface area contributed by atoms with Gasteiger partial charge in [0, 0.05) is 24.0 Å². The number of para-hydroxylation sites is 2. The lowest BCUT2D eigenvalue weighted by Crippen LogP contribution is -2.30. The Kier molecular flexibility index (Phi) is 6.10. The normalized spacial score (nSPS) is 14.0. The number of fused-ring (bicyclic) bond motifs is 1. The minimum atomic E-state index is -0.125. The molecule has 0 saturated carbocycles. The van der Waals surface area contributed by atoms with Gasteiger partial charge in [0.1, 0.15) is 18.2 Å². The van der Waals surface area contributed by atoms with Crippen molar-refractivity contribution in [2.45, 2.75) is 19.3 Å². The smallest absolute Gasteiger partial charge is 0.189 e. The van der Waals surface area contributed by atoms with Crippen LogP contribution in [0, 0.1) is 12.3 Å². The number of piperidine rings is 1. The molecule has 1 saturated heterocycles. The van der Waals surface area contributed by atoms with Crippen LogP contribution in [0.5, 0.6) is 5.75 Å². The van der Waals surface area contributed by atoms with Gasteiger partial charge >= 0.3 is 0 Å². The van der Waals surface area contributed by atoms with Crippen LogP contribution in [0.3, 0.4) is 0 Å². The third-order valence-electron chi connectivity index (χ3n) is 5.27. The predicted molar refractivity (Wildman–Crippen MR) is 122 cm³/mol. The molecule has 30 heavy (non-hydrogen) atoms. The van der Waals surface area contributed by atoms with Crippen molar-refractivity contribution in [2.75, 3.05) is 24.6 Å². The minimum absolute atomic E-state index is 0.125. The lowest BCUT2D eigenvalue weighted by molar-refractivity contribution is 0.104. The average Bonchev–Trinajstić information content (AvgIpc) is 2.81. The predicted octanol–water partition coefficient (Wildman–Crippen LogP) is 5.13. The Bertz CT molecular complexity index is 1120. The summed E-state index contributed by atoms with van der Waals surface area (Å²) >= 11 is 0. The molecule has 0 atom stereocenters. The van der Waals surface area contributed by atoms with E-state index in [1.807, 2.05) is 42.5 Å². The molecule has 0 bridgehead atoms. The maximum absolute atomic E-state index is 12.9. The van der Waals surface area contributed by atoms with Gasteiger partial charge in [-0.05, 0) is 55.7 Å². The molecule has 4 rings (SSSR count). The van der Waals surface area contributed by atoms with Gasteiger partial charge in [-0.25, -0.2) is 4.98 Å². The summed E-state index contributed by atoms with van der Waals surface area (Å²) in [7, 11) is 0. The number of rotatable bonds is 6. The van der Waals surface area contributed by atoms with Crippen molar-refractivity contribution in [1.29, 1.82) is 0 Å². The molecule has 2 heterocycles. The van der Waals surface area contributed by atoms with Crippen molar-refractivity contribution in [3.05, 3.63) is 71.8 Å². The fourth-order valence-electron chi connectivity index (χ4n) is 3.77. The van der Waals surface area contributed by atoms with Crippen LogP contribution in [-0.4, -0.2) is 30.5 Å². The largest absolute Gasteiger partial charge is 0.480 e. The topological polar surface area (TPSA) is 42.4 Å². The van der Waals surface area contributed by atoms with E-state index in [2.05, 4.69) is 16.9 Å². The zero-order valence-electron chi connectivity index (χ0n) is 16.9. The summed E-state index contributed by atoms with van der Waals surface area (Å²) in [5, 5.41) is 1.06. The number of hydrogen-bond acceptors (Lipinski definition) is 4. The highest BCUT2D eigenvalue weighted by Gasteiger charge is 2.16. The fourth-order valence-corrected chi connectivity index (χ4v) is 3.77. The Balaban J connectivity index is 1.68. The molecular formula is C26H24N2O2. The number of pyridine rings is 1. The third kappa shape index (κ3) is 4.36. The summed E-state index contributed by atoms with van der Waals surface area (Å²) in [5.74, 6) is 3.75. The van der Waals surface area contributed by atoms with Crippen molar-refractivity contribution < 1.29 is 9.53 Å². The van der Waals surface area contributed by atoms with Gasteiger partial charge in [-0.15, -0.1) is 6.42 Å². The number of aromatic nitrogens is 1. The summed E-state index contributed by atoms with van der Waals surface area (Å²) in [6, 6.07) is 17.3. The summed E-state index contributed by atoms with van der Waals surface area (Å²) in [4.78, 5) is 20.1. The summed E-state index contributed by atoms with van der Waals surface area (Å²) < 4.78 is 5.52. The molecule has 0 unspecified atom stereocenters. The third-order valence-corrected chi connectivity index (χ3v) is 5.27. The van der Waals surface area contributed by atoms with E-state index >= 15 is 0 Å². The summed E-state index contributed by atoms with van der Waals surface area (Å²) in [5.41, 5.74) is 2.41. The Morgan fingerprint density at radius 1 is 1.10 bits per heavy atom. The standard InChI is InChI=1S/C26H24N2O2/c1-2-18-30-25-13-7-5-11-22(25)24(29)15-14-21-19-20-10-4-6-12-23(20)27-26(21)28-16-8-3-9-17-28/h1,4-7,10-15,19H,3,8-9,16-18H2/b15-14+. The number of carbonyl (C=O) groups is 1. The van der Waals surface area contributed by atoms with E-state index in [0.717, 1.165) is 48.2 Å². The van der Waals surface area contributed by atoms with E-state index in [9.17, 15) is 4.79 Å². The molecule has 3 aromatic rings. The number of terminal acetylenes is 1. The molecule has 4 nitrogen and oxygen atoms in total. The summed E-state index contributed by atoms with van der Waals surface area (Å²) in [6.07, 6.45) is 12.3. The number of anilines is 1. The molecule has 1 aliphatic heterocycles. The molecular weight excluding hydrogens is 372 g/mol. The monoisotopic (exact) mass is 396 g/mol. The van der Waals surface area contributed by atoms with Gasteiger partial charge in [-0.3, -0.25) is 4.79 Å². The summed E-state index contributed by atoms with van der Waals surface area (Å²) in [6.45, 7) is 2.10. The second-order valence-corrected chi connectivity index (χ2v) is 7.33. The first-order valence-electron chi connectivity index (χ1n) is 10.3. The van der Waals surface area contributed by atoms with Crippen LogP contribution >= 0.6 is 0 Å². The number of ketones is 1. The Labute approximate surface area is 177 Å². The van der Waals surface area contributed by atoms with Crippen molar-refractivity contribution >= 4 is 28.6 Å². The van der Waals surface area contributed by atoms with Gasteiger partial charge < -0.3 is 9.64 Å². The maximum atomic E-state index is 12.9. The molecule has 1 aromatic heterocycles. The van der Waals surface area contributed by atoms with Crippen molar-refractivity contribution in [1.82, 2.24) is 4.98 Å². The number of benzene rings is 2. The highest BCUT2D eigenvalue weighted by molar-refractivity contribution is 6.09. The lowest BCUT2D eigenvalue weighted by atomic mass is 10.1. The van der Waals surface area contributed by atoms with Crippen molar-refractivity contribution in [3.8, 4) is 18.1 Å². The molecule has 1 aliphatic rings. The molecule has 150 valence electrons. The highest BCUT2D eigenvalue weighted by atomic mass is 16.5. The van der Waals surface area contributed by atoms with E-state index in [1.54, 1.807) is 18.2 Å². The van der Waals surface area contributed by atoms with E-state index < -0.39 is 0 Å². The van der Waals surface area contributed by atoms with E-state index in [4.69, 9.17) is 16.1 Å². The van der Waals surface area contributed by atoms with Crippen LogP contribution in [-0.2, 0) is 0 Å². The quantitative estimate of drug-likeness (QED) is 0.329. The second-order valence-electron chi connectivity index (χ2n) is 7.33. The van der Waals surface area contributed by atoms with Crippen molar-refractivity contribution in [3.63, 3.8) is 0 Å². The van der Waals surface area contributed by atoms with Gasteiger partial charge in [0.15, 0.2) is 5.78 Å². The first-order valence-corrected chi connectivity index (χ1v) is 10.3. The van der Waals surface area contributed by atoms with Crippen LogP contribution in [0.2, 0.25) is 0 Å². The van der Waals surface area contributed by atoms with Crippen LogP contribution in [0.15, 0.2) is 60.7 Å². The lowest BCUT2D eigenvalue weighted by Gasteiger charge is -2.29. The molecule has 2 aromatic carbocycles. The van der Waals surface area contributed by atoms with Gasteiger partial charge in [0.25, 0.3) is 0 Å². The molecule has 0 amide bonds. The van der Waals surface area contributed by atoms with Crippen LogP contribution < -0.4 is 9.64 Å². The van der Waals surface area contributed by atoms with E-state index in [0.29, 0.717) is 11.3 Å². The zero-order chi connectivity index (χ0) is 20.8. The van der Waals surface area contributed by atoms with E-state index in [-0.39, 0.29) is 12.4 Å². The van der Waals surface area contributed by atoms with Crippen LogP contribution in [0.1, 0.15) is 35.2 Å². The van der Waals surface area contributed by atoms with Gasteiger partial charge in [-0.1, -0.05) is 36.3 Å². The second kappa shape index (κ2) is 9.28.